The third kappa shape index (κ3) is 2.83. The fourth-order valence-corrected chi connectivity index (χ4v) is 1.60. The lowest BCUT2D eigenvalue weighted by atomic mass is 10.0. The quantitative estimate of drug-likeness (QED) is 0.772. The van der Waals surface area contributed by atoms with E-state index in [1.54, 1.807) is 0 Å². The summed E-state index contributed by atoms with van der Waals surface area (Å²) in [6, 6.07) is 3.67. The van der Waals surface area contributed by atoms with Gasteiger partial charge in [-0.2, -0.15) is 13.2 Å². The number of pyridine rings is 1. The van der Waals surface area contributed by atoms with Crippen molar-refractivity contribution >= 4 is 0 Å². The third-order valence-corrected chi connectivity index (χ3v) is 2.55. The molecule has 0 radical (unpaired) electrons. The number of rotatable bonds is 2. The van der Waals surface area contributed by atoms with Crippen LogP contribution in [0.15, 0.2) is 36.7 Å². The van der Waals surface area contributed by atoms with E-state index in [0.29, 0.717) is 11.8 Å². The van der Waals surface area contributed by atoms with Crippen molar-refractivity contribution in [1.29, 1.82) is 0 Å². The first-order valence-electron chi connectivity index (χ1n) is 5.28. The highest BCUT2D eigenvalue weighted by atomic mass is 19.4. The molecule has 0 spiro atoms. The molecule has 0 aliphatic carbocycles. The molecule has 2 rings (SSSR count). The van der Waals surface area contributed by atoms with Gasteiger partial charge in [-0.05, 0) is 24.3 Å². The van der Waals surface area contributed by atoms with Gasteiger partial charge in [-0.3, -0.25) is 4.98 Å². The number of ether oxygens (including phenoxy) is 1. The largest absolute Gasteiger partial charge is 0.495 e. The van der Waals surface area contributed by atoms with Crippen LogP contribution >= 0.6 is 0 Å². The van der Waals surface area contributed by atoms with E-state index in [1.807, 2.05) is 0 Å². The van der Waals surface area contributed by atoms with Gasteiger partial charge in [0, 0.05) is 17.3 Å². The van der Waals surface area contributed by atoms with Crippen molar-refractivity contribution in [3.63, 3.8) is 0 Å². The molecular formula is C13H9F4NO. The van der Waals surface area contributed by atoms with Gasteiger partial charge in [0.2, 0.25) is 0 Å². The Balaban J connectivity index is 2.54. The van der Waals surface area contributed by atoms with Crippen LogP contribution in [0, 0.1) is 5.82 Å². The van der Waals surface area contributed by atoms with Crippen LogP contribution in [0.3, 0.4) is 0 Å². The predicted octanol–water partition coefficient (Wildman–Crippen LogP) is 3.92. The second kappa shape index (κ2) is 4.87. The Morgan fingerprint density at radius 2 is 1.84 bits per heavy atom. The minimum Gasteiger partial charge on any atom is -0.495 e. The summed E-state index contributed by atoms with van der Waals surface area (Å²) in [5.74, 6) is -0.405. The molecule has 19 heavy (non-hydrogen) atoms. The lowest BCUT2D eigenvalue weighted by molar-refractivity contribution is -0.137. The molecule has 1 heterocycles. The van der Waals surface area contributed by atoms with E-state index < -0.39 is 17.6 Å². The van der Waals surface area contributed by atoms with Crippen LogP contribution in [0.1, 0.15) is 5.56 Å². The molecule has 0 saturated heterocycles. The summed E-state index contributed by atoms with van der Waals surface area (Å²) in [6.07, 6.45) is -1.86. The highest BCUT2D eigenvalue weighted by Crippen LogP contribution is 2.34. The van der Waals surface area contributed by atoms with Crippen LogP contribution in [0.2, 0.25) is 0 Å². The summed E-state index contributed by atoms with van der Waals surface area (Å²) < 4.78 is 56.3. The van der Waals surface area contributed by atoms with Crippen molar-refractivity contribution in [2.45, 2.75) is 6.18 Å². The number of hydrogen-bond acceptors (Lipinski definition) is 2. The molecule has 0 fully saturated rings. The molecule has 0 atom stereocenters. The normalized spacial score (nSPS) is 11.4. The van der Waals surface area contributed by atoms with Crippen molar-refractivity contribution < 1.29 is 22.3 Å². The maximum Gasteiger partial charge on any atom is 0.416 e. The van der Waals surface area contributed by atoms with E-state index in [-0.39, 0.29) is 11.1 Å². The lowest BCUT2D eigenvalue weighted by Crippen LogP contribution is -2.05. The van der Waals surface area contributed by atoms with Crippen LogP contribution in [0.25, 0.3) is 11.1 Å². The fourth-order valence-electron chi connectivity index (χ4n) is 1.60. The number of nitrogens with zero attached hydrogens (tertiary/aromatic N) is 1. The molecule has 0 unspecified atom stereocenters. The first-order valence-corrected chi connectivity index (χ1v) is 5.28. The van der Waals surface area contributed by atoms with Gasteiger partial charge in [-0.15, -0.1) is 0 Å². The van der Waals surface area contributed by atoms with E-state index in [9.17, 15) is 17.6 Å². The van der Waals surface area contributed by atoms with Crippen LogP contribution in [-0.4, -0.2) is 12.1 Å². The molecule has 0 saturated carbocycles. The summed E-state index contributed by atoms with van der Waals surface area (Å²) in [7, 11) is 1.39. The highest BCUT2D eigenvalue weighted by molar-refractivity contribution is 5.65. The van der Waals surface area contributed by atoms with Crippen molar-refractivity contribution in [3.05, 3.63) is 48.0 Å². The average molecular weight is 271 g/mol. The van der Waals surface area contributed by atoms with Crippen LogP contribution in [-0.2, 0) is 6.18 Å². The molecule has 100 valence electrons. The Morgan fingerprint density at radius 3 is 2.47 bits per heavy atom. The molecule has 0 amide bonds. The van der Waals surface area contributed by atoms with Crippen LogP contribution < -0.4 is 4.74 Å². The monoisotopic (exact) mass is 271 g/mol. The maximum absolute atomic E-state index is 13.6. The summed E-state index contributed by atoms with van der Waals surface area (Å²) in [5.41, 5.74) is -0.851. The van der Waals surface area contributed by atoms with Crippen molar-refractivity contribution in [1.82, 2.24) is 4.98 Å². The SMILES string of the molecule is COc1cncc(-c2cc(C(F)(F)F)ccc2F)c1. The van der Waals surface area contributed by atoms with E-state index >= 15 is 0 Å². The Hall–Kier alpha value is -2.11. The molecule has 2 aromatic rings. The van der Waals surface area contributed by atoms with Gasteiger partial charge in [0.05, 0.1) is 18.9 Å². The maximum atomic E-state index is 13.6. The Kier molecular flexibility index (Phi) is 3.42. The zero-order valence-electron chi connectivity index (χ0n) is 9.83. The number of aromatic nitrogens is 1. The average Bonchev–Trinajstić information content (AvgIpc) is 2.38. The van der Waals surface area contributed by atoms with Gasteiger partial charge >= 0.3 is 6.18 Å². The standard InChI is InChI=1S/C13H9F4NO/c1-19-10-4-8(6-18-7-10)11-5-9(13(15,16)17)2-3-12(11)14/h2-7H,1H3. The second-order valence-corrected chi connectivity index (χ2v) is 3.81. The second-order valence-electron chi connectivity index (χ2n) is 3.81. The molecule has 1 aromatic heterocycles. The molecule has 0 N–H and O–H groups in total. The molecule has 6 heteroatoms. The molecular weight excluding hydrogens is 262 g/mol. The minimum atomic E-state index is -4.52. The molecule has 0 aliphatic rings. The molecule has 2 nitrogen and oxygen atoms in total. The predicted molar refractivity (Wildman–Crippen MR) is 61.2 cm³/mol. The zero-order valence-corrected chi connectivity index (χ0v) is 9.83. The summed E-state index contributed by atoms with van der Waals surface area (Å²) in [6.45, 7) is 0. The van der Waals surface area contributed by atoms with E-state index in [0.717, 1.165) is 12.1 Å². The number of methoxy groups -OCH3 is 1. The number of hydrogen-bond donors (Lipinski definition) is 0. The first kappa shape index (κ1) is 13.3. The summed E-state index contributed by atoms with van der Waals surface area (Å²) >= 11 is 0. The van der Waals surface area contributed by atoms with Gasteiger partial charge in [-0.25, -0.2) is 4.39 Å². The minimum absolute atomic E-state index is 0.166. The van der Waals surface area contributed by atoms with Gasteiger partial charge in [-0.1, -0.05) is 0 Å². The Morgan fingerprint density at radius 1 is 1.11 bits per heavy atom. The number of halogens is 4. The van der Waals surface area contributed by atoms with Gasteiger partial charge in [0.1, 0.15) is 11.6 Å². The van der Waals surface area contributed by atoms with Crippen LogP contribution in [0.4, 0.5) is 17.6 Å². The zero-order chi connectivity index (χ0) is 14.0. The summed E-state index contributed by atoms with van der Waals surface area (Å²) in [4.78, 5) is 3.79. The van der Waals surface area contributed by atoms with Crippen molar-refractivity contribution in [3.8, 4) is 16.9 Å². The topological polar surface area (TPSA) is 22.1 Å². The van der Waals surface area contributed by atoms with Gasteiger partial charge in [0.25, 0.3) is 0 Å². The Bertz CT molecular complexity index is 595. The number of benzene rings is 1. The van der Waals surface area contributed by atoms with Crippen molar-refractivity contribution in [2.24, 2.45) is 0 Å². The van der Waals surface area contributed by atoms with Gasteiger partial charge in [0.15, 0.2) is 0 Å². The fraction of sp³-hybridized carbons (Fsp3) is 0.154. The number of alkyl halides is 3. The van der Waals surface area contributed by atoms with E-state index in [2.05, 4.69) is 4.98 Å². The van der Waals surface area contributed by atoms with Crippen LogP contribution in [0.5, 0.6) is 5.75 Å². The van der Waals surface area contributed by atoms with E-state index in [1.165, 1.54) is 25.6 Å². The highest BCUT2D eigenvalue weighted by Gasteiger charge is 2.31. The molecule has 0 bridgehead atoms. The lowest BCUT2D eigenvalue weighted by Gasteiger charge is -2.10. The smallest absolute Gasteiger partial charge is 0.416 e. The Labute approximate surface area is 106 Å². The first-order chi connectivity index (χ1) is 8.91. The van der Waals surface area contributed by atoms with Gasteiger partial charge < -0.3 is 4.74 Å². The molecule has 1 aromatic carbocycles. The van der Waals surface area contributed by atoms with E-state index in [4.69, 9.17) is 4.74 Å². The third-order valence-electron chi connectivity index (χ3n) is 2.55. The molecule has 0 aliphatic heterocycles. The summed E-state index contributed by atoms with van der Waals surface area (Å²) in [5, 5.41) is 0. The van der Waals surface area contributed by atoms with Crippen molar-refractivity contribution in [2.75, 3.05) is 7.11 Å².